The van der Waals surface area contributed by atoms with E-state index in [0.717, 1.165) is 19.4 Å². The number of nitrogens with two attached hydrogens (primary N) is 1. The molecule has 0 spiro atoms. The first-order chi connectivity index (χ1) is 12.1. The summed E-state index contributed by atoms with van der Waals surface area (Å²) in [5.41, 5.74) is 11.6. The Morgan fingerprint density at radius 3 is 2.20 bits per heavy atom. The molecule has 3 aliphatic rings. The molecular weight excluding hydrogens is 308 g/mol. The third kappa shape index (κ3) is 2.98. The zero-order chi connectivity index (χ0) is 17.4. The highest BCUT2D eigenvalue weighted by molar-refractivity contribution is 5.76. The van der Waals surface area contributed by atoms with Crippen LogP contribution in [0.1, 0.15) is 60.3 Å². The predicted molar refractivity (Wildman–Crippen MR) is 101 cm³/mol. The van der Waals surface area contributed by atoms with Gasteiger partial charge in [0, 0.05) is 30.8 Å². The number of rotatable bonds is 5. The molecule has 130 valence electrons. The molecule has 5 rings (SSSR count). The lowest BCUT2D eigenvalue weighted by atomic mass is 9.59. The molecule has 0 radical (unpaired) electrons. The van der Waals surface area contributed by atoms with Crippen molar-refractivity contribution in [3.8, 4) is 0 Å². The number of hydrogen-bond donors (Lipinski definition) is 2. The van der Waals surface area contributed by atoms with E-state index in [1.807, 2.05) is 6.92 Å². The van der Waals surface area contributed by atoms with Crippen LogP contribution in [-0.4, -0.2) is 18.5 Å². The van der Waals surface area contributed by atoms with Crippen LogP contribution in [0.25, 0.3) is 0 Å². The number of benzene rings is 2. The van der Waals surface area contributed by atoms with Crippen molar-refractivity contribution in [1.29, 1.82) is 0 Å². The van der Waals surface area contributed by atoms with E-state index in [-0.39, 0.29) is 11.9 Å². The van der Waals surface area contributed by atoms with Gasteiger partial charge in [-0.05, 0) is 47.9 Å². The van der Waals surface area contributed by atoms with E-state index in [0.29, 0.717) is 24.2 Å². The highest BCUT2D eigenvalue weighted by atomic mass is 16.1. The Hall–Kier alpha value is -2.13. The number of amides is 1. The monoisotopic (exact) mass is 334 g/mol. The largest absolute Gasteiger partial charge is 0.356 e. The average Bonchev–Trinajstić information content (AvgIpc) is 2.65. The van der Waals surface area contributed by atoms with E-state index >= 15 is 0 Å². The zero-order valence-electron chi connectivity index (χ0n) is 14.7. The molecule has 0 heterocycles. The zero-order valence-corrected chi connectivity index (χ0v) is 14.7. The average molecular weight is 334 g/mol. The van der Waals surface area contributed by atoms with E-state index in [4.69, 9.17) is 5.73 Å². The van der Waals surface area contributed by atoms with E-state index in [9.17, 15) is 4.79 Å². The molecule has 0 saturated carbocycles. The van der Waals surface area contributed by atoms with Crippen molar-refractivity contribution in [3.63, 3.8) is 0 Å². The van der Waals surface area contributed by atoms with Gasteiger partial charge < -0.3 is 11.1 Å². The van der Waals surface area contributed by atoms with E-state index in [1.54, 1.807) is 0 Å². The molecule has 3 heteroatoms. The minimum Gasteiger partial charge on any atom is -0.356 e. The van der Waals surface area contributed by atoms with Gasteiger partial charge in [0.1, 0.15) is 0 Å². The quantitative estimate of drug-likeness (QED) is 0.879. The third-order valence-electron chi connectivity index (χ3n) is 5.81. The molecule has 0 fully saturated rings. The van der Waals surface area contributed by atoms with Crippen LogP contribution in [0.15, 0.2) is 48.5 Å². The Balaban J connectivity index is 1.56. The lowest BCUT2D eigenvalue weighted by Crippen LogP contribution is -2.39. The molecular formula is C22H26N2O. The number of carbonyl (C=O) groups excluding carboxylic acids is 1. The molecule has 25 heavy (non-hydrogen) atoms. The van der Waals surface area contributed by atoms with Crippen LogP contribution < -0.4 is 11.1 Å². The van der Waals surface area contributed by atoms with Gasteiger partial charge in [-0.1, -0.05) is 48.5 Å². The maximum atomic E-state index is 12.1. The maximum absolute atomic E-state index is 12.1. The van der Waals surface area contributed by atoms with Crippen LogP contribution in [0, 0.1) is 5.92 Å². The summed E-state index contributed by atoms with van der Waals surface area (Å²) in [7, 11) is 0. The normalized spacial score (nSPS) is 24.3. The van der Waals surface area contributed by atoms with Crippen molar-refractivity contribution in [3.05, 3.63) is 70.8 Å². The van der Waals surface area contributed by atoms with Gasteiger partial charge in [-0.15, -0.1) is 0 Å². The van der Waals surface area contributed by atoms with E-state index in [2.05, 4.69) is 53.8 Å². The van der Waals surface area contributed by atoms with Crippen LogP contribution in [-0.2, 0) is 4.79 Å². The maximum Gasteiger partial charge on any atom is 0.220 e. The van der Waals surface area contributed by atoms with Crippen LogP contribution in [0.4, 0.5) is 0 Å². The standard InChI is InChI=1S/C22H26N2O/c1-14(23)10-11-21(25)24-13-15-12-20-16-6-2-4-8-18(16)22(15)19-9-5-3-7-17(19)20/h2-9,14-15,20,22H,10-13,23H2,1H3,(H,24,25). The Morgan fingerprint density at radius 2 is 1.64 bits per heavy atom. The first-order valence-corrected chi connectivity index (χ1v) is 9.35. The van der Waals surface area contributed by atoms with Gasteiger partial charge in [-0.3, -0.25) is 4.79 Å². The molecule has 0 aromatic heterocycles. The molecule has 1 amide bonds. The summed E-state index contributed by atoms with van der Waals surface area (Å²) in [5.74, 6) is 1.45. The molecule has 3 aliphatic carbocycles. The Labute approximate surface area is 149 Å². The highest BCUT2D eigenvalue weighted by Crippen LogP contribution is 2.55. The molecule has 0 aliphatic heterocycles. The number of fused-ring (bicyclic) bond motifs is 1. The Bertz CT molecular complexity index is 736. The summed E-state index contributed by atoms with van der Waals surface area (Å²) in [4.78, 5) is 12.1. The number of carbonyl (C=O) groups is 1. The van der Waals surface area contributed by atoms with E-state index in [1.165, 1.54) is 22.3 Å². The number of hydrogen-bond acceptors (Lipinski definition) is 2. The molecule has 2 aromatic carbocycles. The fraction of sp³-hybridized carbons (Fsp3) is 0.409. The van der Waals surface area contributed by atoms with Crippen LogP contribution in [0.5, 0.6) is 0 Å². The van der Waals surface area contributed by atoms with Crippen molar-refractivity contribution >= 4 is 5.91 Å². The molecule has 3 nitrogen and oxygen atoms in total. The Morgan fingerprint density at radius 1 is 1.08 bits per heavy atom. The van der Waals surface area contributed by atoms with Gasteiger partial charge in [0.05, 0.1) is 0 Å². The molecule has 2 aromatic rings. The fourth-order valence-corrected chi connectivity index (χ4v) is 4.65. The van der Waals surface area contributed by atoms with Crippen LogP contribution in [0.2, 0.25) is 0 Å². The minimum atomic E-state index is 0.0789. The second kappa shape index (κ2) is 6.64. The molecule has 2 unspecified atom stereocenters. The third-order valence-corrected chi connectivity index (χ3v) is 5.81. The van der Waals surface area contributed by atoms with Gasteiger partial charge in [-0.2, -0.15) is 0 Å². The highest BCUT2D eigenvalue weighted by Gasteiger charge is 2.42. The summed E-state index contributed by atoms with van der Waals surface area (Å²) in [6.07, 6.45) is 2.38. The summed E-state index contributed by atoms with van der Waals surface area (Å²) < 4.78 is 0. The summed E-state index contributed by atoms with van der Waals surface area (Å²) in [6.45, 7) is 2.70. The molecule has 0 saturated heterocycles. The first kappa shape index (κ1) is 16.3. The number of nitrogens with one attached hydrogen (secondary N) is 1. The summed E-state index contributed by atoms with van der Waals surface area (Å²) in [6, 6.07) is 17.7. The molecule has 3 N–H and O–H groups in total. The smallest absolute Gasteiger partial charge is 0.220 e. The lowest BCUT2D eigenvalue weighted by Gasteiger charge is -2.45. The molecule has 2 bridgehead atoms. The van der Waals surface area contributed by atoms with Crippen molar-refractivity contribution in [2.45, 2.75) is 44.1 Å². The van der Waals surface area contributed by atoms with Crippen molar-refractivity contribution < 1.29 is 4.79 Å². The minimum absolute atomic E-state index is 0.0789. The SMILES string of the molecule is CC(N)CCC(=O)NCC1CC2c3ccccc3C1c1ccccc12. The summed E-state index contributed by atoms with van der Waals surface area (Å²) in [5, 5.41) is 3.16. The summed E-state index contributed by atoms with van der Waals surface area (Å²) >= 11 is 0. The fourth-order valence-electron chi connectivity index (χ4n) is 4.65. The van der Waals surface area contributed by atoms with Crippen molar-refractivity contribution in [1.82, 2.24) is 5.32 Å². The van der Waals surface area contributed by atoms with Crippen molar-refractivity contribution in [2.24, 2.45) is 11.7 Å². The van der Waals surface area contributed by atoms with Gasteiger partial charge in [0.15, 0.2) is 0 Å². The lowest BCUT2D eigenvalue weighted by molar-refractivity contribution is -0.121. The predicted octanol–water partition coefficient (Wildman–Crippen LogP) is 3.53. The topological polar surface area (TPSA) is 55.1 Å². The first-order valence-electron chi connectivity index (χ1n) is 9.35. The van der Waals surface area contributed by atoms with Gasteiger partial charge >= 0.3 is 0 Å². The molecule has 2 atom stereocenters. The van der Waals surface area contributed by atoms with Gasteiger partial charge in [0.25, 0.3) is 0 Å². The van der Waals surface area contributed by atoms with Crippen molar-refractivity contribution in [2.75, 3.05) is 6.54 Å². The van der Waals surface area contributed by atoms with E-state index < -0.39 is 0 Å². The van der Waals surface area contributed by atoms with Gasteiger partial charge in [0.2, 0.25) is 5.91 Å². The second-order valence-electron chi connectivity index (χ2n) is 7.60. The Kier molecular flexibility index (Phi) is 4.34. The van der Waals surface area contributed by atoms with Crippen LogP contribution >= 0.6 is 0 Å². The second-order valence-corrected chi connectivity index (χ2v) is 7.60. The van der Waals surface area contributed by atoms with Crippen LogP contribution in [0.3, 0.4) is 0 Å². The van der Waals surface area contributed by atoms with Gasteiger partial charge in [-0.25, -0.2) is 0 Å².